The molecule has 8 heteroatoms. The smallest absolute Gasteiger partial charge is 0.257 e. The SMILES string of the molecule is COc1ccccc1CNC(=O)c1c(N)n(CC2CCCO2)c2nc3ccccc3nc12. The van der Waals surface area contributed by atoms with Gasteiger partial charge in [-0.05, 0) is 31.0 Å². The molecule has 2 aromatic heterocycles. The summed E-state index contributed by atoms with van der Waals surface area (Å²) >= 11 is 0. The number of fused-ring (bicyclic) bond motifs is 2. The molecule has 0 radical (unpaired) electrons. The van der Waals surface area contributed by atoms with Crippen molar-refractivity contribution < 1.29 is 14.3 Å². The molecule has 3 N–H and O–H groups in total. The van der Waals surface area contributed by atoms with E-state index in [1.165, 1.54) is 0 Å². The Labute approximate surface area is 185 Å². The summed E-state index contributed by atoms with van der Waals surface area (Å²) in [6.45, 7) is 1.58. The maximum absolute atomic E-state index is 13.3. The molecule has 164 valence electrons. The van der Waals surface area contributed by atoms with Gasteiger partial charge in [0.05, 0.1) is 30.8 Å². The predicted molar refractivity (Wildman–Crippen MR) is 123 cm³/mol. The number of rotatable bonds is 6. The number of nitrogens with one attached hydrogen (secondary N) is 1. The van der Waals surface area contributed by atoms with E-state index in [2.05, 4.69) is 5.32 Å². The Bertz CT molecular complexity index is 1290. The van der Waals surface area contributed by atoms with E-state index in [-0.39, 0.29) is 12.0 Å². The number of nitrogens with two attached hydrogens (primary N) is 1. The average molecular weight is 431 g/mol. The largest absolute Gasteiger partial charge is 0.496 e. The lowest BCUT2D eigenvalue weighted by Crippen LogP contribution is -2.24. The summed E-state index contributed by atoms with van der Waals surface area (Å²) in [6.07, 6.45) is 2.02. The van der Waals surface area contributed by atoms with Crippen LogP contribution in [0.2, 0.25) is 0 Å². The maximum Gasteiger partial charge on any atom is 0.257 e. The van der Waals surface area contributed by atoms with Crippen molar-refractivity contribution in [1.29, 1.82) is 0 Å². The molecule has 1 saturated heterocycles. The molecule has 1 fully saturated rings. The van der Waals surface area contributed by atoms with Crippen LogP contribution >= 0.6 is 0 Å². The molecule has 1 aliphatic rings. The molecule has 3 heterocycles. The number of amides is 1. The molecule has 5 rings (SSSR count). The molecule has 0 spiro atoms. The quantitative estimate of drug-likeness (QED) is 0.486. The molecule has 0 aliphatic carbocycles. The molecular weight excluding hydrogens is 406 g/mol. The van der Waals surface area contributed by atoms with Crippen molar-refractivity contribution in [2.45, 2.75) is 32.0 Å². The Balaban J connectivity index is 1.55. The molecule has 8 nitrogen and oxygen atoms in total. The molecule has 2 aromatic carbocycles. The van der Waals surface area contributed by atoms with Crippen LogP contribution in [0.25, 0.3) is 22.2 Å². The lowest BCUT2D eigenvalue weighted by Gasteiger charge is -2.13. The highest BCUT2D eigenvalue weighted by Gasteiger charge is 2.26. The predicted octanol–water partition coefficient (Wildman–Crippen LogP) is 3.28. The third-order valence-electron chi connectivity index (χ3n) is 5.86. The molecule has 32 heavy (non-hydrogen) atoms. The fraction of sp³-hybridized carbons (Fsp3) is 0.292. The van der Waals surface area contributed by atoms with Crippen molar-refractivity contribution in [2.75, 3.05) is 19.5 Å². The zero-order valence-electron chi connectivity index (χ0n) is 17.9. The van der Waals surface area contributed by atoms with Gasteiger partial charge in [0.15, 0.2) is 5.65 Å². The fourth-order valence-corrected chi connectivity index (χ4v) is 4.23. The second-order valence-electron chi connectivity index (χ2n) is 7.88. The summed E-state index contributed by atoms with van der Waals surface area (Å²) in [5.41, 5.74) is 10.3. The van der Waals surface area contributed by atoms with Crippen molar-refractivity contribution >= 4 is 33.9 Å². The van der Waals surface area contributed by atoms with Crippen LogP contribution in [0.1, 0.15) is 28.8 Å². The van der Waals surface area contributed by atoms with Gasteiger partial charge in [-0.15, -0.1) is 0 Å². The highest BCUT2D eigenvalue weighted by atomic mass is 16.5. The van der Waals surface area contributed by atoms with E-state index < -0.39 is 0 Å². The molecule has 0 saturated carbocycles. The minimum absolute atomic E-state index is 0.0469. The lowest BCUT2D eigenvalue weighted by molar-refractivity contribution is 0.0946. The second kappa shape index (κ2) is 8.47. The number of methoxy groups -OCH3 is 1. The van der Waals surface area contributed by atoms with Crippen LogP contribution in [0.5, 0.6) is 5.75 Å². The number of carbonyl (C=O) groups is 1. The highest BCUT2D eigenvalue weighted by molar-refractivity contribution is 6.10. The third-order valence-corrected chi connectivity index (χ3v) is 5.86. The van der Waals surface area contributed by atoms with Crippen molar-refractivity contribution in [3.63, 3.8) is 0 Å². The summed E-state index contributed by atoms with van der Waals surface area (Å²) in [5, 5.41) is 2.97. The van der Waals surface area contributed by atoms with Gasteiger partial charge >= 0.3 is 0 Å². The van der Waals surface area contributed by atoms with E-state index in [1.807, 2.05) is 53.1 Å². The first-order valence-electron chi connectivity index (χ1n) is 10.7. The number of carbonyl (C=O) groups excluding carboxylic acids is 1. The van der Waals surface area contributed by atoms with Crippen LogP contribution in [0.3, 0.4) is 0 Å². The Morgan fingerprint density at radius 3 is 2.69 bits per heavy atom. The van der Waals surface area contributed by atoms with Gasteiger partial charge in [-0.25, -0.2) is 9.97 Å². The van der Waals surface area contributed by atoms with E-state index in [9.17, 15) is 4.79 Å². The summed E-state index contributed by atoms with van der Waals surface area (Å²) < 4.78 is 13.1. The number of aromatic nitrogens is 3. The van der Waals surface area contributed by atoms with E-state index >= 15 is 0 Å². The Hall–Kier alpha value is -3.65. The number of benzene rings is 2. The van der Waals surface area contributed by atoms with Gasteiger partial charge in [-0.1, -0.05) is 30.3 Å². The maximum atomic E-state index is 13.3. The van der Waals surface area contributed by atoms with Gasteiger partial charge in [0.25, 0.3) is 5.91 Å². The summed E-state index contributed by atoms with van der Waals surface area (Å²) in [4.78, 5) is 22.8. The third kappa shape index (κ3) is 3.62. The topological polar surface area (TPSA) is 104 Å². The molecule has 4 aromatic rings. The Morgan fingerprint density at radius 1 is 1.19 bits per heavy atom. The van der Waals surface area contributed by atoms with Crippen molar-refractivity contribution in [2.24, 2.45) is 0 Å². The highest BCUT2D eigenvalue weighted by Crippen LogP contribution is 2.29. The number of nitrogen functional groups attached to an aromatic ring is 1. The van der Waals surface area contributed by atoms with Gasteiger partial charge in [0, 0.05) is 18.7 Å². The molecular formula is C24H25N5O3. The van der Waals surface area contributed by atoms with Gasteiger partial charge in [0.2, 0.25) is 0 Å². The molecule has 1 amide bonds. The van der Waals surface area contributed by atoms with Crippen LogP contribution in [0.4, 0.5) is 5.82 Å². The number of hydrogen-bond donors (Lipinski definition) is 2. The summed E-state index contributed by atoms with van der Waals surface area (Å²) in [6, 6.07) is 15.2. The minimum atomic E-state index is -0.297. The van der Waals surface area contributed by atoms with E-state index in [4.69, 9.17) is 25.2 Å². The van der Waals surface area contributed by atoms with Crippen LogP contribution < -0.4 is 15.8 Å². The first-order valence-corrected chi connectivity index (χ1v) is 10.7. The zero-order valence-corrected chi connectivity index (χ0v) is 17.9. The van der Waals surface area contributed by atoms with Crippen molar-refractivity contribution in [3.8, 4) is 5.75 Å². The number of anilines is 1. The van der Waals surface area contributed by atoms with Gasteiger partial charge in [-0.3, -0.25) is 4.79 Å². The molecule has 1 aliphatic heterocycles. The summed E-state index contributed by atoms with van der Waals surface area (Å²) in [5.74, 6) is 0.768. The summed E-state index contributed by atoms with van der Waals surface area (Å²) in [7, 11) is 1.61. The first kappa shape index (κ1) is 20.3. The second-order valence-corrected chi connectivity index (χ2v) is 7.88. The molecule has 1 atom stereocenters. The fourth-order valence-electron chi connectivity index (χ4n) is 4.23. The van der Waals surface area contributed by atoms with Crippen LogP contribution in [0.15, 0.2) is 48.5 Å². The lowest BCUT2D eigenvalue weighted by atomic mass is 10.2. The van der Waals surface area contributed by atoms with E-state index in [1.54, 1.807) is 7.11 Å². The number of ether oxygens (including phenoxy) is 2. The van der Waals surface area contributed by atoms with E-state index in [0.717, 1.165) is 30.5 Å². The Morgan fingerprint density at radius 2 is 1.94 bits per heavy atom. The van der Waals surface area contributed by atoms with Gasteiger partial charge in [0.1, 0.15) is 22.6 Å². The number of nitrogens with zero attached hydrogens (tertiary/aromatic N) is 3. The monoisotopic (exact) mass is 431 g/mol. The Kier molecular flexibility index (Phi) is 5.36. The van der Waals surface area contributed by atoms with Gasteiger partial charge in [-0.2, -0.15) is 0 Å². The number of para-hydroxylation sites is 3. The average Bonchev–Trinajstić information content (AvgIpc) is 3.43. The van der Waals surface area contributed by atoms with Crippen molar-refractivity contribution in [3.05, 3.63) is 59.7 Å². The van der Waals surface area contributed by atoms with Crippen LogP contribution in [0, 0.1) is 0 Å². The van der Waals surface area contributed by atoms with E-state index in [0.29, 0.717) is 46.9 Å². The van der Waals surface area contributed by atoms with Crippen molar-refractivity contribution in [1.82, 2.24) is 19.9 Å². The van der Waals surface area contributed by atoms with Gasteiger partial charge < -0.3 is 25.1 Å². The first-order chi connectivity index (χ1) is 15.7. The standard InChI is InChI=1S/C24H25N5O3/c1-31-19-11-5-2-7-15(19)13-26-24(30)20-21-23(28-18-10-4-3-9-17(18)27-21)29(22(20)25)14-16-8-6-12-32-16/h2-5,7,9-11,16H,6,8,12-14,25H2,1H3,(H,26,30). The number of hydrogen-bond acceptors (Lipinski definition) is 6. The molecule has 1 unspecified atom stereocenters. The molecule has 0 bridgehead atoms. The zero-order chi connectivity index (χ0) is 22.1. The van der Waals surface area contributed by atoms with Crippen LogP contribution in [-0.4, -0.2) is 40.3 Å². The minimum Gasteiger partial charge on any atom is -0.496 e. The normalized spacial score (nSPS) is 16.0. The van der Waals surface area contributed by atoms with Crippen LogP contribution in [-0.2, 0) is 17.8 Å².